The molecule has 0 aromatic rings. The third-order valence-electron chi connectivity index (χ3n) is 3.49. The summed E-state index contributed by atoms with van der Waals surface area (Å²) >= 11 is 0. The first-order valence-corrected chi connectivity index (χ1v) is 6.87. The maximum atomic E-state index is 12.2. The Bertz CT molecular complexity index is 317. The highest BCUT2D eigenvalue weighted by atomic mass is 16.4. The van der Waals surface area contributed by atoms with Gasteiger partial charge in [-0.1, -0.05) is 34.6 Å². The summed E-state index contributed by atoms with van der Waals surface area (Å²) < 4.78 is 0. The second-order valence-corrected chi connectivity index (χ2v) is 6.28. The number of rotatable bonds is 7. The summed E-state index contributed by atoms with van der Waals surface area (Å²) in [6.07, 6.45) is 1.35. The number of carbonyl (C=O) groups excluding carboxylic acids is 1. The first-order valence-electron chi connectivity index (χ1n) is 6.87. The SMILES string of the molecule is CCC(CC)(NC(=O)C(CN)CC(C)(C)C)C(=O)O. The van der Waals surface area contributed by atoms with E-state index in [1.807, 2.05) is 20.8 Å². The van der Waals surface area contributed by atoms with Gasteiger partial charge in [0.15, 0.2) is 0 Å². The van der Waals surface area contributed by atoms with Gasteiger partial charge in [0.05, 0.1) is 5.92 Å². The van der Waals surface area contributed by atoms with Gasteiger partial charge in [-0.25, -0.2) is 4.79 Å². The van der Waals surface area contributed by atoms with Crippen molar-refractivity contribution >= 4 is 11.9 Å². The average molecular weight is 272 g/mol. The van der Waals surface area contributed by atoms with Crippen LogP contribution in [0.25, 0.3) is 0 Å². The minimum atomic E-state index is -1.18. The average Bonchev–Trinajstić information content (AvgIpc) is 2.31. The molecule has 0 spiro atoms. The van der Waals surface area contributed by atoms with Crippen LogP contribution in [0.2, 0.25) is 0 Å². The molecule has 0 bridgehead atoms. The summed E-state index contributed by atoms with van der Waals surface area (Å²) in [5.74, 6) is -1.60. The Morgan fingerprint density at radius 1 is 1.21 bits per heavy atom. The lowest BCUT2D eigenvalue weighted by Crippen LogP contribution is -2.56. The Morgan fingerprint density at radius 3 is 1.95 bits per heavy atom. The van der Waals surface area contributed by atoms with Crippen molar-refractivity contribution in [2.75, 3.05) is 6.54 Å². The molecule has 1 atom stereocenters. The minimum absolute atomic E-state index is 0.0221. The number of hydrogen-bond acceptors (Lipinski definition) is 3. The van der Waals surface area contributed by atoms with Crippen LogP contribution < -0.4 is 11.1 Å². The Hall–Kier alpha value is -1.10. The third-order valence-corrected chi connectivity index (χ3v) is 3.49. The van der Waals surface area contributed by atoms with Crippen LogP contribution >= 0.6 is 0 Å². The van der Waals surface area contributed by atoms with Gasteiger partial charge in [-0.3, -0.25) is 4.79 Å². The van der Waals surface area contributed by atoms with Crippen molar-refractivity contribution < 1.29 is 14.7 Å². The van der Waals surface area contributed by atoms with Crippen LogP contribution in [0.3, 0.4) is 0 Å². The second-order valence-electron chi connectivity index (χ2n) is 6.28. The summed E-state index contributed by atoms with van der Waals surface area (Å²) in [6.45, 7) is 9.86. The molecule has 0 radical (unpaired) electrons. The molecule has 4 N–H and O–H groups in total. The van der Waals surface area contributed by atoms with E-state index in [0.717, 1.165) is 0 Å². The smallest absolute Gasteiger partial charge is 0.329 e. The highest BCUT2D eigenvalue weighted by Crippen LogP contribution is 2.25. The largest absolute Gasteiger partial charge is 0.480 e. The van der Waals surface area contributed by atoms with E-state index in [2.05, 4.69) is 5.32 Å². The monoisotopic (exact) mass is 272 g/mol. The molecule has 0 saturated carbocycles. The van der Waals surface area contributed by atoms with Gasteiger partial charge in [0.2, 0.25) is 5.91 Å². The molecule has 0 heterocycles. The molecule has 0 aliphatic carbocycles. The Morgan fingerprint density at radius 2 is 1.68 bits per heavy atom. The Labute approximate surface area is 115 Å². The van der Waals surface area contributed by atoms with Crippen molar-refractivity contribution in [2.45, 2.75) is 59.4 Å². The predicted octanol–water partition coefficient (Wildman–Crippen LogP) is 1.76. The molecule has 0 aromatic carbocycles. The zero-order chi connectivity index (χ0) is 15.3. The van der Waals surface area contributed by atoms with Gasteiger partial charge in [-0.05, 0) is 24.7 Å². The molecule has 0 fully saturated rings. The van der Waals surface area contributed by atoms with Crippen LogP contribution in [0.5, 0.6) is 0 Å². The van der Waals surface area contributed by atoms with E-state index < -0.39 is 11.5 Å². The lowest BCUT2D eigenvalue weighted by Gasteiger charge is -2.31. The molecule has 112 valence electrons. The van der Waals surface area contributed by atoms with E-state index in [9.17, 15) is 14.7 Å². The standard InChI is InChI=1S/C14H28N2O3/c1-6-14(7-2,12(18)19)16-11(17)10(9-15)8-13(3,4)5/h10H,6-9,15H2,1-5H3,(H,16,17)(H,18,19). The van der Waals surface area contributed by atoms with Crippen molar-refractivity contribution in [3.63, 3.8) is 0 Å². The Balaban J connectivity index is 4.94. The molecule has 0 rings (SSSR count). The number of nitrogens with two attached hydrogens (primary N) is 1. The number of aliphatic carboxylic acids is 1. The molecule has 19 heavy (non-hydrogen) atoms. The van der Waals surface area contributed by atoms with Crippen molar-refractivity contribution in [1.29, 1.82) is 0 Å². The van der Waals surface area contributed by atoms with E-state index in [1.54, 1.807) is 13.8 Å². The summed E-state index contributed by atoms with van der Waals surface area (Å²) in [4.78, 5) is 23.6. The summed E-state index contributed by atoms with van der Waals surface area (Å²) in [5, 5.41) is 12.0. The van der Waals surface area contributed by atoms with Gasteiger partial charge in [0.1, 0.15) is 5.54 Å². The van der Waals surface area contributed by atoms with Crippen molar-refractivity contribution in [3.8, 4) is 0 Å². The van der Waals surface area contributed by atoms with Crippen LogP contribution in [0.15, 0.2) is 0 Å². The van der Waals surface area contributed by atoms with Gasteiger partial charge < -0.3 is 16.2 Å². The van der Waals surface area contributed by atoms with Gasteiger partial charge in [0.25, 0.3) is 0 Å². The maximum Gasteiger partial charge on any atom is 0.329 e. The highest BCUT2D eigenvalue weighted by Gasteiger charge is 2.38. The molecular weight excluding hydrogens is 244 g/mol. The molecule has 0 aliphatic heterocycles. The molecular formula is C14H28N2O3. The molecule has 0 aliphatic rings. The van der Waals surface area contributed by atoms with E-state index in [4.69, 9.17) is 5.73 Å². The molecule has 5 nitrogen and oxygen atoms in total. The summed E-state index contributed by atoms with van der Waals surface area (Å²) in [6, 6.07) is 0. The van der Waals surface area contributed by atoms with E-state index >= 15 is 0 Å². The fourth-order valence-electron chi connectivity index (χ4n) is 2.14. The van der Waals surface area contributed by atoms with Crippen LogP contribution in [-0.2, 0) is 9.59 Å². The zero-order valence-electron chi connectivity index (χ0n) is 12.7. The fourth-order valence-corrected chi connectivity index (χ4v) is 2.14. The second kappa shape index (κ2) is 6.89. The zero-order valence-corrected chi connectivity index (χ0v) is 12.7. The quantitative estimate of drug-likeness (QED) is 0.658. The van der Waals surface area contributed by atoms with E-state index in [0.29, 0.717) is 19.3 Å². The van der Waals surface area contributed by atoms with Crippen LogP contribution in [-0.4, -0.2) is 29.1 Å². The summed E-state index contributed by atoms with van der Waals surface area (Å²) in [7, 11) is 0. The summed E-state index contributed by atoms with van der Waals surface area (Å²) in [5.41, 5.74) is 4.45. The number of carboxylic acids is 1. The van der Waals surface area contributed by atoms with Crippen molar-refractivity contribution in [3.05, 3.63) is 0 Å². The number of nitrogens with one attached hydrogen (secondary N) is 1. The minimum Gasteiger partial charge on any atom is -0.480 e. The third kappa shape index (κ3) is 5.19. The highest BCUT2D eigenvalue weighted by molar-refractivity contribution is 5.88. The van der Waals surface area contributed by atoms with Gasteiger partial charge in [-0.15, -0.1) is 0 Å². The molecule has 1 amide bonds. The molecule has 1 unspecified atom stereocenters. The topological polar surface area (TPSA) is 92.4 Å². The van der Waals surface area contributed by atoms with Crippen LogP contribution in [0.1, 0.15) is 53.9 Å². The van der Waals surface area contributed by atoms with Crippen LogP contribution in [0, 0.1) is 11.3 Å². The lowest BCUT2D eigenvalue weighted by molar-refractivity contribution is -0.148. The lowest BCUT2D eigenvalue weighted by atomic mass is 9.83. The normalized spacial score (nSPS) is 14.0. The van der Waals surface area contributed by atoms with Crippen molar-refractivity contribution in [1.82, 2.24) is 5.32 Å². The van der Waals surface area contributed by atoms with Gasteiger partial charge in [-0.2, -0.15) is 0 Å². The van der Waals surface area contributed by atoms with Gasteiger partial charge >= 0.3 is 5.97 Å². The number of carboxylic acid groups (broad SMARTS) is 1. The fraction of sp³-hybridized carbons (Fsp3) is 0.857. The van der Waals surface area contributed by atoms with Crippen molar-refractivity contribution in [2.24, 2.45) is 17.1 Å². The molecule has 5 heteroatoms. The van der Waals surface area contributed by atoms with Gasteiger partial charge in [0, 0.05) is 6.54 Å². The first kappa shape index (κ1) is 17.9. The predicted molar refractivity (Wildman–Crippen MR) is 75.7 cm³/mol. The first-order chi connectivity index (χ1) is 8.61. The Kier molecular flexibility index (Phi) is 6.49. The number of hydrogen-bond donors (Lipinski definition) is 3. The number of amides is 1. The maximum absolute atomic E-state index is 12.2. The van der Waals surface area contributed by atoms with Crippen LogP contribution in [0.4, 0.5) is 0 Å². The molecule has 0 aromatic heterocycles. The molecule has 0 saturated heterocycles. The van der Waals surface area contributed by atoms with E-state index in [1.165, 1.54) is 0 Å². The number of carbonyl (C=O) groups is 2. The van der Waals surface area contributed by atoms with E-state index in [-0.39, 0.29) is 23.8 Å².